The van der Waals surface area contributed by atoms with Crippen molar-refractivity contribution < 1.29 is 126 Å². The van der Waals surface area contributed by atoms with Gasteiger partial charge >= 0.3 is 159 Å². The molecule has 1 unspecified atom stereocenters. The molecule has 0 aliphatic rings. The second-order valence-corrected chi connectivity index (χ2v) is 0. The van der Waals surface area contributed by atoms with Gasteiger partial charge in [0.1, 0.15) is 0 Å². The van der Waals surface area contributed by atoms with Gasteiger partial charge in [-0.2, -0.15) is 9.90 Å². The van der Waals surface area contributed by atoms with Crippen molar-refractivity contribution in [2.45, 2.75) is 0 Å². The van der Waals surface area contributed by atoms with E-state index in [-0.39, 0.29) is 238 Å². The molecule has 9 heavy (non-hydrogen) atoms. The first-order chi connectivity index (χ1) is 0. The van der Waals surface area contributed by atoms with E-state index in [0.29, 0.717) is 0 Å². The van der Waals surface area contributed by atoms with E-state index in [1.54, 1.807) is 0 Å². The van der Waals surface area contributed by atoms with E-state index in [0.717, 1.165) is 0 Å². The summed E-state index contributed by atoms with van der Waals surface area (Å²) in [7, 11) is 0. The summed E-state index contributed by atoms with van der Waals surface area (Å²) in [6.07, 6.45) is 0. The van der Waals surface area contributed by atoms with Crippen LogP contribution in [0.3, 0.4) is 0 Å². The largest absolute Gasteiger partial charge is 0 e. The third-order valence-electron chi connectivity index (χ3n) is 0. The molecule has 0 spiro atoms. The fourth-order valence-electron chi connectivity index (χ4n) is 0. The molecule has 0 aliphatic carbocycles. The van der Waals surface area contributed by atoms with E-state index in [9.17, 15) is 0 Å². The van der Waals surface area contributed by atoms with Crippen molar-refractivity contribution in [3.63, 3.8) is 0 Å². The first-order valence-electron chi connectivity index (χ1n) is 0. The van der Waals surface area contributed by atoms with Gasteiger partial charge in [0.2, 0.25) is 0 Å². The summed E-state index contributed by atoms with van der Waals surface area (Å²) in [5.74, 6) is 0. The van der Waals surface area contributed by atoms with Gasteiger partial charge in [0, 0.05) is 36.5 Å². The summed E-state index contributed by atoms with van der Waals surface area (Å²) < 4.78 is 0. The van der Waals surface area contributed by atoms with Crippen molar-refractivity contribution in [1.29, 1.82) is 0 Å². The summed E-state index contributed by atoms with van der Waals surface area (Å²) in [6.45, 7) is 0. The SMILES string of the molecule is I.P.[Ca+2].[Fe].[H-].[H-].[H-].[H-].[H-].[H-].[K+].[Mg+2].[Na+].[SeH2].[Zn]. The molecule has 0 amide bonds. The van der Waals surface area contributed by atoms with E-state index >= 15 is 0 Å². The third-order valence-corrected chi connectivity index (χ3v) is 0. The molecule has 0 heterocycles. The molecule has 0 aromatic rings. The molecule has 0 aromatic heterocycles. The van der Waals surface area contributed by atoms with Gasteiger partial charge < -0.3 is 8.56 Å². The Balaban J connectivity index is 0. The molecule has 0 aliphatic heterocycles. The Morgan fingerprint density at radius 2 is 1.11 bits per heavy atom. The van der Waals surface area contributed by atoms with E-state index in [1.165, 1.54) is 0 Å². The van der Waals surface area contributed by atoms with Crippen LogP contribution in [0.5, 0.6) is 0 Å². The molecule has 0 rings (SSSR count). The molecule has 0 radical (unpaired) electrons. The molecule has 0 N–H and O–H groups in total. The van der Waals surface area contributed by atoms with E-state index in [2.05, 4.69) is 0 Å². The van der Waals surface area contributed by atoms with Crippen molar-refractivity contribution in [3.05, 3.63) is 0 Å². The molecule has 0 aromatic carbocycles. The average molecular weight is 497 g/mol. The van der Waals surface area contributed by atoms with Gasteiger partial charge in [-0.15, -0.1) is 24.0 Å². The van der Waals surface area contributed by atoms with Crippen LogP contribution in [0.1, 0.15) is 8.56 Å². The summed E-state index contributed by atoms with van der Waals surface area (Å²) in [6, 6.07) is 0. The summed E-state index contributed by atoms with van der Waals surface area (Å²) >= 11 is 0. The van der Waals surface area contributed by atoms with Crippen LogP contribution in [-0.4, -0.2) is 77.9 Å². The van der Waals surface area contributed by atoms with Crippen molar-refractivity contribution in [3.8, 4) is 0 Å². The minimum atomic E-state index is 0. The Labute approximate surface area is 231 Å². The van der Waals surface area contributed by atoms with Crippen LogP contribution in [-0.2, 0) is 36.5 Å². The maximum Gasteiger partial charge on any atom is 0 e. The zero-order valence-corrected chi connectivity index (χ0v) is 24.7. The van der Waals surface area contributed by atoms with E-state index in [1.807, 2.05) is 0 Å². The topological polar surface area (TPSA) is 0 Å². The monoisotopic (exact) mass is 496 g/mol. The summed E-state index contributed by atoms with van der Waals surface area (Å²) in [5.41, 5.74) is 0. The summed E-state index contributed by atoms with van der Waals surface area (Å²) in [5, 5.41) is 0. The normalized spacial score (nSPS) is 0. The fourth-order valence-corrected chi connectivity index (χ4v) is 0. The molecule has 0 bridgehead atoms. The van der Waals surface area contributed by atoms with Gasteiger partial charge in [-0.05, 0) is 0 Å². The van der Waals surface area contributed by atoms with Gasteiger partial charge in [-0.25, -0.2) is 0 Å². The molecule has 0 saturated heterocycles. The molecule has 0 fully saturated rings. The number of halogens is 1. The van der Waals surface area contributed by atoms with Crippen LogP contribution in [0.4, 0.5) is 0 Å². The first kappa shape index (κ1) is 70.6. The average Bonchev–Trinajstić information content (AvgIpc) is 0. The fraction of sp³-hybridized carbons (Fsp3) is 0. The van der Waals surface area contributed by atoms with Crippen LogP contribution >= 0.6 is 33.9 Å². The van der Waals surface area contributed by atoms with Crippen molar-refractivity contribution in [2.75, 3.05) is 0 Å². The molecular formula is H12CaFeIKMgNaPSeZn. The molecule has 0 saturated carbocycles. The van der Waals surface area contributed by atoms with Crippen LogP contribution in [0, 0.1) is 0 Å². The minimum Gasteiger partial charge on any atom is 0 e. The van der Waals surface area contributed by atoms with Crippen molar-refractivity contribution in [2.24, 2.45) is 0 Å². The standard InChI is InChI=1S/Ca.Fe.HI.K.Mg.Na.H3P.H2Se.Zn.6H/h;;1H;;;;1H3;1H2;;;;;;;/q+2;;;+1;+2;+1;;;;6*-1. The maximum absolute atomic E-state index is 0. The zero-order chi connectivity index (χ0) is 0. The number of rotatable bonds is 0. The molecule has 9 heteroatoms. The molecule has 1 atom stereocenters. The predicted molar refractivity (Wildman–Crippen MR) is 53.2 cm³/mol. The maximum atomic E-state index is 0. The Morgan fingerprint density at radius 1 is 1.11 bits per heavy atom. The van der Waals surface area contributed by atoms with Crippen LogP contribution in [0.25, 0.3) is 0 Å². The number of hydrogen-bond acceptors (Lipinski definition) is 0. The number of hydrogen-bond donors (Lipinski definition) is 0. The van der Waals surface area contributed by atoms with E-state index < -0.39 is 0 Å². The Morgan fingerprint density at radius 3 is 1.11 bits per heavy atom. The van der Waals surface area contributed by atoms with Crippen LogP contribution in [0.2, 0.25) is 0 Å². The zero-order valence-electron chi connectivity index (χ0n) is 12.1. The first-order valence-corrected chi connectivity index (χ1v) is 0. The van der Waals surface area contributed by atoms with Gasteiger partial charge in [-0.3, -0.25) is 0 Å². The molecular weight excluding hydrogens is 485 g/mol. The summed E-state index contributed by atoms with van der Waals surface area (Å²) in [4.78, 5) is 0. The van der Waals surface area contributed by atoms with Gasteiger partial charge in [0.15, 0.2) is 0 Å². The van der Waals surface area contributed by atoms with E-state index in [4.69, 9.17) is 0 Å². The quantitative estimate of drug-likeness (QED) is 0.178. The van der Waals surface area contributed by atoms with Gasteiger partial charge in [0.05, 0.1) is 0 Å². The minimum absolute atomic E-state index is 0. The van der Waals surface area contributed by atoms with Crippen molar-refractivity contribution in [1.82, 2.24) is 0 Å². The second kappa shape index (κ2) is 58.0. The Bertz CT molecular complexity index is 43.1. The van der Waals surface area contributed by atoms with Crippen molar-refractivity contribution >= 4 is 112 Å². The Hall–Kier alpha value is 7.48. The molecule has 0 nitrogen and oxygen atoms in total. The van der Waals surface area contributed by atoms with Crippen LogP contribution < -0.4 is 80.9 Å². The smallest absolute Gasteiger partial charge is 0 e. The van der Waals surface area contributed by atoms with Gasteiger partial charge in [-0.1, -0.05) is 0 Å². The third kappa shape index (κ3) is 50.3. The Kier molecular flexibility index (Phi) is 455. The molecule has 46 valence electrons. The predicted octanol–water partition coefficient (Wildman–Crippen LogP) is -6.32. The van der Waals surface area contributed by atoms with Gasteiger partial charge in [0.25, 0.3) is 0 Å². The second-order valence-electron chi connectivity index (χ2n) is 0. The van der Waals surface area contributed by atoms with Crippen LogP contribution in [0.15, 0.2) is 0 Å².